The Morgan fingerprint density at radius 1 is 1.26 bits per heavy atom. The van der Waals surface area contributed by atoms with Crippen molar-refractivity contribution in [1.29, 1.82) is 0 Å². The van der Waals surface area contributed by atoms with Gasteiger partial charge in [-0.1, -0.05) is 19.4 Å². The lowest BCUT2D eigenvalue weighted by molar-refractivity contribution is 0.148. The fourth-order valence-corrected chi connectivity index (χ4v) is 2.57. The number of aryl methyl sites for hydroxylation is 1. The molecule has 19 heavy (non-hydrogen) atoms. The molecule has 0 aliphatic heterocycles. The third-order valence-electron chi connectivity index (χ3n) is 3.75. The Hall–Kier alpha value is -1.09. The number of aromatic nitrogens is 1. The van der Waals surface area contributed by atoms with Gasteiger partial charge in [-0.3, -0.25) is 0 Å². The Kier molecular flexibility index (Phi) is 5.64. The maximum Gasteiger partial charge on any atom is 0.213 e. The molecule has 0 radical (unpaired) electrons. The van der Waals surface area contributed by atoms with Gasteiger partial charge in [-0.05, 0) is 51.1 Å². The smallest absolute Gasteiger partial charge is 0.213 e. The number of nitrogens with zero attached hydrogens (tertiary/aromatic N) is 1. The molecule has 1 N–H and O–H groups in total. The van der Waals surface area contributed by atoms with Crippen molar-refractivity contribution in [1.82, 2.24) is 10.3 Å². The predicted octanol–water partition coefficient (Wildman–Crippen LogP) is 3.60. The fraction of sp³-hybridized carbons (Fsp3) is 0.688. The second-order valence-corrected chi connectivity index (χ2v) is 5.45. The first-order valence-corrected chi connectivity index (χ1v) is 7.63. The molecule has 1 aliphatic rings. The summed E-state index contributed by atoms with van der Waals surface area (Å²) in [5.41, 5.74) is 2.35. The standard InChI is InChI=1S/C16H26N2O/c1-3-11-17-12-14-9-10-16(18-13(14)2)19-15-7-5-4-6-8-15/h9-10,15,17H,3-8,11-12H2,1-2H3. The lowest BCUT2D eigenvalue weighted by Crippen LogP contribution is -2.20. The third kappa shape index (κ3) is 4.50. The van der Waals surface area contributed by atoms with Gasteiger partial charge in [0.1, 0.15) is 6.10 Å². The van der Waals surface area contributed by atoms with E-state index in [0.717, 1.165) is 31.1 Å². The van der Waals surface area contributed by atoms with Crippen LogP contribution in [0.3, 0.4) is 0 Å². The zero-order valence-corrected chi connectivity index (χ0v) is 12.2. The highest BCUT2D eigenvalue weighted by atomic mass is 16.5. The number of hydrogen-bond donors (Lipinski definition) is 1. The Labute approximate surface area is 116 Å². The monoisotopic (exact) mass is 262 g/mol. The highest BCUT2D eigenvalue weighted by Crippen LogP contribution is 2.23. The van der Waals surface area contributed by atoms with Gasteiger partial charge in [0, 0.05) is 18.3 Å². The summed E-state index contributed by atoms with van der Waals surface area (Å²) < 4.78 is 5.99. The number of nitrogens with one attached hydrogen (secondary N) is 1. The minimum absolute atomic E-state index is 0.379. The van der Waals surface area contributed by atoms with Crippen molar-refractivity contribution in [2.45, 2.75) is 65.0 Å². The van der Waals surface area contributed by atoms with E-state index in [1.54, 1.807) is 0 Å². The zero-order chi connectivity index (χ0) is 13.5. The van der Waals surface area contributed by atoms with E-state index in [0.29, 0.717) is 6.10 Å². The third-order valence-corrected chi connectivity index (χ3v) is 3.75. The van der Waals surface area contributed by atoms with E-state index < -0.39 is 0 Å². The molecule has 2 rings (SSSR count). The van der Waals surface area contributed by atoms with Crippen LogP contribution < -0.4 is 10.1 Å². The van der Waals surface area contributed by atoms with Crippen LogP contribution in [-0.2, 0) is 6.54 Å². The highest BCUT2D eigenvalue weighted by Gasteiger charge is 2.15. The van der Waals surface area contributed by atoms with E-state index in [-0.39, 0.29) is 0 Å². The van der Waals surface area contributed by atoms with Gasteiger partial charge in [0.2, 0.25) is 5.88 Å². The molecule has 3 heteroatoms. The van der Waals surface area contributed by atoms with Crippen LogP contribution in [0.4, 0.5) is 0 Å². The molecule has 0 bridgehead atoms. The SMILES string of the molecule is CCCNCc1ccc(OC2CCCCC2)nc1C. The second-order valence-electron chi connectivity index (χ2n) is 5.45. The Morgan fingerprint density at radius 3 is 2.74 bits per heavy atom. The summed E-state index contributed by atoms with van der Waals surface area (Å²) in [5.74, 6) is 0.795. The largest absolute Gasteiger partial charge is 0.474 e. The van der Waals surface area contributed by atoms with E-state index in [2.05, 4.69) is 30.2 Å². The van der Waals surface area contributed by atoms with Crippen molar-refractivity contribution >= 4 is 0 Å². The van der Waals surface area contributed by atoms with Gasteiger partial charge in [-0.2, -0.15) is 0 Å². The van der Waals surface area contributed by atoms with Crippen molar-refractivity contribution in [2.75, 3.05) is 6.54 Å². The second kappa shape index (κ2) is 7.49. The van der Waals surface area contributed by atoms with Gasteiger partial charge in [-0.15, -0.1) is 0 Å². The van der Waals surface area contributed by atoms with Crippen molar-refractivity contribution in [3.05, 3.63) is 23.4 Å². The van der Waals surface area contributed by atoms with Crippen molar-refractivity contribution in [3.8, 4) is 5.88 Å². The first-order chi connectivity index (χ1) is 9.29. The molecule has 1 aromatic rings. The molecule has 0 unspecified atom stereocenters. The van der Waals surface area contributed by atoms with E-state index in [9.17, 15) is 0 Å². The van der Waals surface area contributed by atoms with Crippen LogP contribution in [0.15, 0.2) is 12.1 Å². The van der Waals surface area contributed by atoms with Crippen LogP contribution in [-0.4, -0.2) is 17.6 Å². The van der Waals surface area contributed by atoms with Gasteiger partial charge in [0.15, 0.2) is 0 Å². The maximum atomic E-state index is 5.99. The normalized spacial score (nSPS) is 16.5. The van der Waals surface area contributed by atoms with Gasteiger partial charge in [0.05, 0.1) is 0 Å². The van der Waals surface area contributed by atoms with Crippen molar-refractivity contribution < 1.29 is 4.74 Å². The van der Waals surface area contributed by atoms with Crippen LogP contribution in [0, 0.1) is 6.92 Å². The molecular formula is C16H26N2O. The molecule has 1 fully saturated rings. The summed E-state index contributed by atoms with van der Waals surface area (Å²) in [6, 6.07) is 4.16. The molecular weight excluding hydrogens is 236 g/mol. The molecule has 1 saturated carbocycles. The van der Waals surface area contributed by atoms with Crippen molar-refractivity contribution in [3.63, 3.8) is 0 Å². The lowest BCUT2D eigenvalue weighted by Gasteiger charge is -2.22. The first kappa shape index (κ1) is 14.3. The summed E-state index contributed by atoms with van der Waals surface area (Å²) >= 11 is 0. The van der Waals surface area contributed by atoms with E-state index >= 15 is 0 Å². The summed E-state index contributed by atoms with van der Waals surface area (Å²) in [4.78, 5) is 4.58. The van der Waals surface area contributed by atoms with E-state index in [1.165, 1.54) is 37.7 Å². The average molecular weight is 262 g/mol. The summed E-state index contributed by atoms with van der Waals surface area (Å²) in [5, 5.41) is 3.41. The van der Waals surface area contributed by atoms with Crippen LogP contribution >= 0.6 is 0 Å². The van der Waals surface area contributed by atoms with Gasteiger partial charge >= 0.3 is 0 Å². The Morgan fingerprint density at radius 2 is 2.05 bits per heavy atom. The van der Waals surface area contributed by atoms with Crippen LogP contribution in [0.5, 0.6) is 5.88 Å². The quantitative estimate of drug-likeness (QED) is 0.795. The zero-order valence-electron chi connectivity index (χ0n) is 12.2. The molecule has 0 saturated heterocycles. The number of pyridine rings is 1. The maximum absolute atomic E-state index is 5.99. The minimum Gasteiger partial charge on any atom is -0.474 e. The minimum atomic E-state index is 0.379. The fourth-order valence-electron chi connectivity index (χ4n) is 2.57. The average Bonchev–Trinajstić information content (AvgIpc) is 2.43. The molecule has 0 amide bonds. The van der Waals surface area contributed by atoms with E-state index in [4.69, 9.17) is 4.74 Å². The topological polar surface area (TPSA) is 34.1 Å². The number of rotatable bonds is 6. The summed E-state index contributed by atoms with van der Waals surface area (Å²) in [6.45, 7) is 6.20. The Balaban J connectivity index is 1.90. The van der Waals surface area contributed by atoms with Crippen LogP contribution in [0.25, 0.3) is 0 Å². The molecule has 0 spiro atoms. The highest BCUT2D eigenvalue weighted by molar-refractivity contribution is 5.25. The number of ether oxygens (including phenoxy) is 1. The molecule has 106 valence electrons. The summed E-state index contributed by atoms with van der Waals surface area (Å²) in [6.07, 6.45) is 7.85. The van der Waals surface area contributed by atoms with Gasteiger partial charge in [-0.25, -0.2) is 4.98 Å². The Bertz CT molecular complexity index is 386. The molecule has 1 aromatic heterocycles. The van der Waals surface area contributed by atoms with Crippen molar-refractivity contribution in [2.24, 2.45) is 0 Å². The molecule has 3 nitrogen and oxygen atoms in total. The van der Waals surface area contributed by atoms with E-state index in [1.807, 2.05) is 6.07 Å². The van der Waals surface area contributed by atoms with Crippen LogP contribution in [0.2, 0.25) is 0 Å². The summed E-state index contributed by atoms with van der Waals surface area (Å²) in [7, 11) is 0. The molecule has 0 aromatic carbocycles. The molecule has 1 aliphatic carbocycles. The molecule has 0 atom stereocenters. The van der Waals surface area contributed by atoms with Crippen LogP contribution in [0.1, 0.15) is 56.7 Å². The first-order valence-electron chi connectivity index (χ1n) is 7.63. The van der Waals surface area contributed by atoms with Gasteiger partial charge < -0.3 is 10.1 Å². The molecule has 1 heterocycles. The van der Waals surface area contributed by atoms with Gasteiger partial charge in [0.25, 0.3) is 0 Å². The lowest BCUT2D eigenvalue weighted by atomic mass is 9.98. The number of hydrogen-bond acceptors (Lipinski definition) is 3. The predicted molar refractivity (Wildman–Crippen MR) is 78.5 cm³/mol.